The molecule has 0 spiro atoms. The van der Waals surface area contributed by atoms with Gasteiger partial charge in [-0.05, 0) is 48.9 Å². The third-order valence-corrected chi connectivity index (χ3v) is 4.29. The highest BCUT2D eigenvalue weighted by molar-refractivity contribution is 5.81. The molecule has 2 aromatic carbocycles. The van der Waals surface area contributed by atoms with Crippen LogP contribution < -0.4 is 15.6 Å². The highest BCUT2D eigenvalue weighted by Gasteiger charge is 2.37. The molecule has 0 bridgehead atoms. The van der Waals surface area contributed by atoms with Crippen molar-refractivity contribution < 1.29 is 22.7 Å². The zero-order valence-electron chi connectivity index (χ0n) is 13.5. The third kappa shape index (κ3) is 2.41. The Morgan fingerprint density at radius 2 is 1.69 bits per heavy atom. The summed E-state index contributed by atoms with van der Waals surface area (Å²) in [4.78, 5) is 0. The number of hydrogen-bond acceptors (Lipinski definition) is 4. The number of aliphatic hydroxyl groups excluding tert-OH is 1. The molecule has 0 aliphatic carbocycles. The number of hydrazine groups is 2. The van der Waals surface area contributed by atoms with E-state index in [2.05, 4.69) is 5.53 Å². The fourth-order valence-corrected chi connectivity index (χ4v) is 3.08. The molecule has 26 heavy (non-hydrogen) atoms. The van der Waals surface area contributed by atoms with Crippen LogP contribution in [0.2, 0.25) is 0 Å². The standard InChI is InChI=1S/C18H13F4N3O/c1-10-9-11-3-2-4-14(19)16(11)25-15(10)17(26)24(23-25)13-7-5-12(6-8-13)18(20,21)22/h2-9,23,26H,1H3. The van der Waals surface area contributed by atoms with Gasteiger partial charge in [0.05, 0.1) is 11.3 Å². The highest BCUT2D eigenvalue weighted by atomic mass is 19.4. The zero-order valence-corrected chi connectivity index (χ0v) is 13.5. The van der Waals surface area contributed by atoms with Crippen LogP contribution in [0.5, 0.6) is 0 Å². The molecule has 2 aliphatic rings. The average molecular weight is 363 g/mol. The lowest BCUT2D eigenvalue weighted by atomic mass is 10.0. The van der Waals surface area contributed by atoms with Gasteiger partial charge in [-0.25, -0.2) is 14.4 Å². The summed E-state index contributed by atoms with van der Waals surface area (Å²) in [6, 6.07) is 8.91. The number of anilines is 2. The number of nitrogens with zero attached hydrogens (tertiary/aromatic N) is 2. The molecule has 4 rings (SSSR count). The van der Waals surface area contributed by atoms with Crippen LogP contribution in [-0.4, -0.2) is 5.11 Å². The second-order valence-corrected chi connectivity index (χ2v) is 5.99. The molecule has 2 aromatic rings. The van der Waals surface area contributed by atoms with E-state index in [1.165, 1.54) is 28.2 Å². The Labute approximate surface area is 146 Å². The van der Waals surface area contributed by atoms with Crippen molar-refractivity contribution in [2.75, 3.05) is 10.0 Å². The summed E-state index contributed by atoms with van der Waals surface area (Å²) in [5, 5.41) is 13.2. The van der Waals surface area contributed by atoms with Crippen LogP contribution in [-0.2, 0) is 6.18 Å². The molecule has 0 atom stereocenters. The molecule has 4 nitrogen and oxygen atoms in total. The van der Waals surface area contributed by atoms with Crippen molar-refractivity contribution in [1.82, 2.24) is 5.53 Å². The fraction of sp³-hybridized carbons (Fsp3) is 0.111. The van der Waals surface area contributed by atoms with E-state index in [9.17, 15) is 22.7 Å². The lowest BCUT2D eigenvalue weighted by Gasteiger charge is -2.28. The maximum atomic E-state index is 14.3. The summed E-state index contributed by atoms with van der Waals surface area (Å²) in [5.41, 5.74) is 4.19. The zero-order chi connectivity index (χ0) is 18.6. The van der Waals surface area contributed by atoms with E-state index < -0.39 is 17.6 Å². The van der Waals surface area contributed by atoms with E-state index in [1.54, 1.807) is 25.1 Å². The van der Waals surface area contributed by atoms with E-state index in [4.69, 9.17) is 0 Å². The molecule has 0 aromatic heterocycles. The van der Waals surface area contributed by atoms with Gasteiger partial charge < -0.3 is 5.11 Å². The Morgan fingerprint density at radius 3 is 2.35 bits per heavy atom. The normalized spacial score (nSPS) is 16.6. The Balaban J connectivity index is 1.76. The van der Waals surface area contributed by atoms with Gasteiger partial charge in [-0.3, -0.25) is 0 Å². The summed E-state index contributed by atoms with van der Waals surface area (Å²) < 4.78 is 52.5. The average Bonchev–Trinajstić information content (AvgIpc) is 2.92. The van der Waals surface area contributed by atoms with E-state index in [0.717, 1.165) is 12.1 Å². The minimum Gasteiger partial charge on any atom is -0.492 e. The first-order valence-electron chi connectivity index (χ1n) is 7.71. The van der Waals surface area contributed by atoms with Crippen molar-refractivity contribution in [2.24, 2.45) is 0 Å². The minimum atomic E-state index is -4.45. The first-order chi connectivity index (χ1) is 12.3. The molecular weight excluding hydrogens is 350 g/mol. The van der Waals surface area contributed by atoms with Crippen molar-refractivity contribution in [1.29, 1.82) is 0 Å². The maximum absolute atomic E-state index is 14.3. The number of halogens is 4. The first-order valence-corrected chi connectivity index (χ1v) is 7.71. The summed E-state index contributed by atoms with van der Waals surface area (Å²) in [5.74, 6) is -0.717. The van der Waals surface area contributed by atoms with Gasteiger partial charge in [0.2, 0.25) is 5.88 Å². The van der Waals surface area contributed by atoms with Crippen molar-refractivity contribution in [2.45, 2.75) is 13.1 Å². The number of allylic oxidation sites excluding steroid dienone is 1. The van der Waals surface area contributed by atoms with Crippen LogP contribution in [0.15, 0.2) is 59.6 Å². The third-order valence-electron chi connectivity index (χ3n) is 4.29. The van der Waals surface area contributed by atoms with Crippen LogP contribution in [0, 0.1) is 5.82 Å². The minimum absolute atomic E-state index is 0.229. The second-order valence-electron chi connectivity index (χ2n) is 5.99. The fourth-order valence-electron chi connectivity index (χ4n) is 3.08. The van der Waals surface area contributed by atoms with Gasteiger partial charge in [-0.1, -0.05) is 12.1 Å². The van der Waals surface area contributed by atoms with Crippen LogP contribution >= 0.6 is 0 Å². The van der Waals surface area contributed by atoms with Gasteiger partial charge in [0, 0.05) is 5.56 Å². The van der Waals surface area contributed by atoms with Gasteiger partial charge in [-0.15, -0.1) is 5.53 Å². The molecule has 0 saturated carbocycles. The Kier molecular flexibility index (Phi) is 3.48. The van der Waals surface area contributed by atoms with Crippen molar-refractivity contribution in [3.8, 4) is 0 Å². The number of nitrogens with one attached hydrogen (secondary N) is 1. The lowest BCUT2D eigenvalue weighted by molar-refractivity contribution is -0.137. The predicted molar refractivity (Wildman–Crippen MR) is 89.2 cm³/mol. The monoisotopic (exact) mass is 363 g/mol. The maximum Gasteiger partial charge on any atom is 0.416 e. The van der Waals surface area contributed by atoms with Gasteiger partial charge in [0.1, 0.15) is 17.2 Å². The largest absolute Gasteiger partial charge is 0.492 e. The molecule has 134 valence electrons. The molecule has 2 aliphatic heterocycles. The van der Waals surface area contributed by atoms with Crippen LogP contribution in [0.3, 0.4) is 0 Å². The summed E-state index contributed by atoms with van der Waals surface area (Å²) in [6.45, 7) is 1.75. The summed E-state index contributed by atoms with van der Waals surface area (Å²) in [6.07, 6.45) is -2.71. The van der Waals surface area contributed by atoms with E-state index in [-0.39, 0.29) is 17.3 Å². The number of hydrogen-bond donors (Lipinski definition) is 2. The molecule has 0 amide bonds. The van der Waals surface area contributed by atoms with Gasteiger partial charge in [-0.2, -0.15) is 13.2 Å². The highest BCUT2D eigenvalue weighted by Crippen LogP contribution is 2.41. The van der Waals surface area contributed by atoms with Crippen LogP contribution in [0.1, 0.15) is 18.1 Å². The van der Waals surface area contributed by atoms with Crippen LogP contribution in [0.25, 0.3) is 6.08 Å². The van der Waals surface area contributed by atoms with Gasteiger partial charge in [0.25, 0.3) is 0 Å². The Bertz CT molecular complexity index is 948. The number of aliphatic hydroxyl groups is 1. The first kappa shape index (κ1) is 16.5. The van der Waals surface area contributed by atoms with E-state index >= 15 is 0 Å². The van der Waals surface area contributed by atoms with E-state index in [1.807, 2.05) is 0 Å². The Hall–Kier alpha value is -3.00. The molecule has 2 N–H and O–H groups in total. The second kappa shape index (κ2) is 5.50. The van der Waals surface area contributed by atoms with Crippen molar-refractivity contribution >= 4 is 17.5 Å². The molecule has 0 radical (unpaired) electrons. The number of rotatable bonds is 1. The quantitative estimate of drug-likeness (QED) is 0.719. The smallest absolute Gasteiger partial charge is 0.416 e. The molecule has 0 fully saturated rings. The molecule has 0 saturated heterocycles. The topological polar surface area (TPSA) is 38.7 Å². The summed E-state index contributed by atoms with van der Waals surface area (Å²) >= 11 is 0. The Morgan fingerprint density at radius 1 is 1.00 bits per heavy atom. The van der Waals surface area contributed by atoms with Crippen molar-refractivity contribution in [3.05, 3.63) is 76.6 Å². The lowest BCUT2D eigenvalue weighted by Crippen LogP contribution is -2.43. The van der Waals surface area contributed by atoms with Gasteiger partial charge >= 0.3 is 6.18 Å². The number of fused-ring (bicyclic) bond motifs is 3. The molecular formula is C18H13F4N3O. The predicted octanol–water partition coefficient (Wildman–Crippen LogP) is 4.73. The number of para-hydroxylation sites is 1. The SMILES string of the molecule is CC1=Cc2cccc(F)c2N2NN(c3ccc(C(F)(F)F)cc3)C(O)=C12. The van der Waals surface area contributed by atoms with Crippen molar-refractivity contribution in [3.63, 3.8) is 0 Å². The molecule has 2 heterocycles. The molecule has 8 heteroatoms. The number of alkyl halides is 3. The molecule has 0 unspecified atom stereocenters. The number of benzene rings is 2. The van der Waals surface area contributed by atoms with E-state index in [0.29, 0.717) is 16.8 Å². The summed E-state index contributed by atoms with van der Waals surface area (Å²) in [7, 11) is 0. The van der Waals surface area contributed by atoms with Crippen LogP contribution in [0.4, 0.5) is 28.9 Å². The van der Waals surface area contributed by atoms with Gasteiger partial charge in [0.15, 0.2) is 0 Å².